The number of hydrogen-bond acceptors (Lipinski definition) is 3. The first-order valence-electron chi connectivity index (χ1n) is 6.42. The molecule has 0 aliphatic rings. The molecule has 0 bridgehead atoms. The van der Waals surface area contributed by atoms with Gasteiger partial charge in [-0.2, -0.15) is 0 Å². The fourth-order valence-electron chi connectivity index (χ4n) is 2.09. The van der Waals surface area contributed by atoms with Gasteiger partial charge < -0.3 is 5.11 Å². The number of aryl methyl sites for hydroxylation is 2. The minimum Gasteiger partial charge on any atom is -0.481 e. The number of nitrogens with zero attached hydrogens (tertiary/aromatic N) is 1. The summed E-state index contributed by atoms with van der Waals surface area (Å²) in [6.45, 7) is 1.96. The highest BCUT2D eigenvalue weighted by atomic mass is 35.5. The highest BCUT2D eigenvalue weighted by Crippen LogP contribution is 2.21. The molecule has 1 aromatic carbocycles. The van der Waals surface area contributed by atoms with Gasteiger partial charge in [-0.1, -0.05) is 23.7 Å². The van der Waals surface area contributed by atoms with Crippen molar-refractivity contribution in [1.29, 1.82) is 0 Å². The van der Waals surface area contributed by atoms with E-state index in [2.05, 4.69) is 4.98 Å². The standard InChI is InChI=1S/C15H16ClNO2S/c1-10-14(20-9-17-10)7-4-12(15(18)19)8-11-2-5-13(16)6-3-11/h2-3,5-6,9,12H,4,7-8H2,1H3,(H,18,19). The lowest BCUT2D eigenvalue weighted by atomic mass is 9.94. The van der Waals surface area contributed by atoms with Crippen molar-refractivity contribution in [2.45, 2.75) is 26.2 Å². The molecule has 0 aliphatic carbocycles. The Labute approximate surface area is 127 Å². The molecular weight excluding hydrogens is 294 g/mol. The van der Waals surface area contributed by atoms with Crippen molar-refractivity contribution in [2.24, 2.45) is 5.92 Å². The molecule has 0 amide bonds. The Bertz CT molecular complexity index is 580. The van der Waals surface area contributed by atoms with Crippen molar-refractivity contribution in [3.05, 3.63) is 50.9 Å². The largest absolute Gasteiger partial charge is 0.481 e. The molecule has 0 fully saturated rings. The summed E-state index contributed by atoms with van der Waals surface area (Å²) in [6.07, 6.45) is 1.92. The van der Waals surface area contributed by atoms with Crippen LogP contribution in [0.25, 0.3) is 0 Å². The minimum atomic E-state index is -0.748. The van der Waals surface area contributed by atoms with Gasteiger partial charge in [0.05, 0.1) is 17.1 Å². The Morgan fingerprint density at radius 2 is 2.10 bits per heavy atom. The van der Waals surface area contributed by atoms with Crippen LogP contribution in [0.2, 0.25) is 5.02 Å². The molecule has 5 heteroatoms. The van der Waals surface area contributed by atoms with E-state index in [9.17, 15) is 9.90 Å². The molecule has 0 radical (unpaired) electrons. The van der Waals surface area contributed by atoms with Crippen molar-refractivity contribution in [1.82, 2.24) is 4.98 Å². The van der Waals surface area contributed by atoms with Crippen LogP contribution in [-0.4, -0.2) is 16.1 Å². The second kappa shape index (κ2) is 6.86. The van der Waals surface area contributed by atoms with Crippen LogP contribution in [0, 0.1) is 12.8 Å². The van der Waals surface area contributed by atoms with Gasteiger partial charge in [0.1, 0.15) is 0 Å². The van der Waals surface area contributed by atoms with E-state index < -0.39 is 5.97 Å². The quantitative estimate of drug-likeness (QED) is 0.878. The van der Waals surface area contributed by atoms with Gasteiger partial charge in [0.25, 0.3) is 0 Å². The van der Waals surface area contributed by atoms with Crippen molar-refractivity contribution in [2.75, 3.05) is 0 Å². The first-order chi connectivity index (χ1) is 9.56. The monoisotopic (exact) mass is 309 g/mol. The number of carbonyl (C=O) groups is 1. The summed E-state index contributed by atoms with van der Waals surface area (Å²) < 4.78 is 0. The Balaban J connectivity index is 1.99. The lowest BCUT2D eigenvalue weighted by molar-refractivity contribution is -0.141. The third-order valence-electron chi connectivity index (χ3n) is 3.31. The van der Waals surface area contributed by atoms with E-state index >= 15 is 0 Å². The molecule has 0 saturated carbocycles. The van der Waals surface area contributed by atoms with Gasteiger partial charge in [-0.15, -0.1) is 11.3 Å². The predicted molar refractivity (Wildman–Crippen MR) is 81.5 cm³/mol. The molecule has 106 valence electrons. The molecule has 1 atom stereocenters. The second-order valence-corrected chi connectivity index (χ2v) is 6.14. The van der Waals surface area contributed by atoms with Gasteiger partial charge in [0, 0.05) is 9.90 Å². The van der Waals surface area contributed by atoms with Gasteiger partial charge >= 0.3 is 5.97 Å². The summed E-state index contributed by atoms with van der Waals surface area (Å²) >= 11 is 7.43. The third kappa shape index (κ3) is 4.05. The van der Waals surface area contributed by atoms with E-state index in [1.54, 1.807) is 29.0 Å². The summed E-state index contributed by atoms with van der Waals surface area (Å²) in [4.78, 5) is 16.7. The molecular formula is C15H16ClNO2S. The summed E-state index contributed by atoms with van der Waals surface area (Å²) in [7, 11) is 0. The molecule has 2 aromatic rings. The topological polar surface area (TPSA) is 50.2 Å². The SMILES string of the molecule is Cc1ncsc1CCC(Cc1ccc(Cl)cc1)C(=O)O. The second-order valence-electron chi connectivity index (χ2n) is 4.77. The van der Waals surface area contributed by atoms with E-state index in [4.69, 9.17) is 11.6 Å². The van der Waals surface area contributed by atoms with Crippen LogP contribution < -0.4 is 0 Å². The summed E-state index contributed by atoms with van der Waals surface area (Å²) in [5.41, 5.74) is 3.81. The van der Waals surface area contributed by atoms with Crippen LogP contribution in [0.3, 0.4) is 0 Å². The maximum Gasteiger partial charge on any atom is 0.306 e. The number of halogens is 1. The first kappa shape index (κ1) is 15.0. The summed E-state index contributed by atoms with van der Waals surface area (Å²) in [5, 5.41) is 10.0. The maximum absolute atomic E-state index is 11.4. The highest BCUT2D eigenvalue weighted by molar-refractivity contribution is 7.09. The number of thiazole rings is 1. The van der Waals surface area contributed by atoms with E-state index in [0.717, 1.165) is 17.7 Å². The molecule has 1 unspecified atom stereocenters. The molecule has 20 heavy (non-hydrogen) atoms. The lowest BCUT2D eigenvalue weighted by Crippen LogP contribution is -2.17. The average molecular weight is 310 g/mol. The maximum atomic E-state index is 11.4. The van der Waals surface area contributed by atoms with Crippen molar-refractivity contribution in [3.63, 3.8) is 0 Å². The van der Waals surface area contributed by atoms with Gasteiger partial charge in [-0.3, -0.25) is 4.79 Å². The predicted octanol–water partition coefficient (Wildman–Crippen LogP) is 3.98. The molecule has 0 saturated heterocycles. The molecule has 0 aliphatic heterocycles. The number of benzene rings is 1. The van der Waals surface area contributed by atoms with E-state index in [1.165, 1.54) is 4.88 Å². The van der Waals surface area contributed by atoms with Gasteiger partial charge in [0.2, 0.25) is 0 Å². The Hall–Kier alpha value is -1.39. The molecule has 1 heterocycles. The highest BCUT2D eigenvalue weighted by Gasteiger charge is 2.18. The zero-order valence-electron chi connectivity index (χ0n) is 11.2. The van der Waals surface area contributed by atoms with Gasteiger partial charge in [-0.25, -0.2) is 4.98 Å². The van der Waals surface area contributed by atoms with Crippen molar-refractivity contribution < 1.29 is 9.90 Å². The number of aromatic nitrogens is 1. The van der Waals surface area contributed by atoms with Gasteiger partial charge in [0.15, 0.2) is 0 Å². The smallest absolute Gasteiger partial charge is 0.306 e. The third-order valence-corrected chi connectivity index (χ3v) is 4.56. The van der Waals surface area contributed by atoms with Crippen LogP contribution in [0.5, 0.6) is 0 Å². The number of carboxylic acids is 1. The normalized spacial score (nSPS) is 12.3. The van der Waals surface area contributed by atoms with Crippen LogP contribution >= 0.6 is 22.9 Å². The van der Waals surface area contributed by atoms with Crippen LogP contribution in [0.1, 0.15) is 22.6 Å². The Morgan fingerprint density at radius 1 is 1.40 bits per heavy atom. The van der Waals surface area contributed by atoms with E-state index in [1.807, 2.05) is 19.1 Å². The van der Waals surface area contributed by atoms with Crippen molar-refractivity contribution >= 4 is 28.9 Å². The molecule has 2 rings (SSSR count). The first-order valence-corrected chi connectivity index (χ1v) is 7.68. The van der Waals surface area contributed by atoms with Crippen molar-refractivity contribution in [3.8, 4) is 0 Å². The van der Waals surface area contributed by atoms with E-state index in [0.29, 0.717) is 17.9 Å². The Morgan fingerprint density at radius 3 is 2.65 bits per heavy atom. The van der Waals surface area contributed by atoms with Crippen LogP contribution in [-0.2, 0) is 17.6 Å². The van der Waals surface area contributed by atoms with E-state index in [-0.39, 0.29) is 5.92 Å². The zero-order chi connectivity index (χ0) is 14.5. The molecule has 0 spiro atoms. The molecule has 1 N–H and O–H groups in total. The van der Waals surface area contributed by atoms with Gasteiger partial charge in [-0.05, 0) is 43.9 Å². The number of aliphatic carboxylic acids is 1. The lowest BCUT2D eigenvalue weighted by Gasteiger charge is -2.12. The fourth-order valence-corrected chi connectivity index (χ4v) is 3.01. The zero-order valence-corrected chi connectivity index (χ0v) is 12.7. The number of carboxylic acid groups (broad SMARTS) is 1. The Kier molecular flexibility index (Phi) is 5.15. The molecule has 3 nitrogen and oxygen atoms in total. The fraction of sp³-hybridized carbons (Fsp3) is 0.333. The van der Waals surface area contributed by atoms with Crippen LogP contribution in [0.15, 0.2) is 29.8 Å². The summed E-state index contributed by atoms with van der Waals surface area (Å²) in [5.74, 6) is -1.13. The number of rotatable bonds is 6. The minimum absolute atomic E-state index is 0.377. The summed E-state index contributed by atoms with van der Waals surface area (Å²) in [6, 6.07) is 7.36. The van der Waals surface area contributed by atoms with Crippen LogP contribution in [0.4, 0.5) is 0 Å². The molecule has 1 aromatic heterocycles. The average Bonchev–Trinajstić information content (AvgIpc) is 2.82. The number of hydrogen-bond donors (Lipinski definition) is 1.